The zero-order chi connectivity index (χ0) is 28.3. The van der Waals surface area contributed by atoms with Crippen molar-refractivity contribution in [3.05, 3.63) is 83.4 Å². The van der Waals surface area contributed by atoms with Gasteiger partial charge in [-0.05, 0) is 60.9 Å². The molecule has 4 nitrogen and oxygen atoms in total. The topological polar surface area (TPSA) is 63.1 Å². The van der Waals surface area contributed by atoms with Gasteiger partial charge in [0, 0.05) is 55.8 Å². The van der Waals surface area contributed by atoms with Crippen molar-refractivity contribution in [2.75, 3.05) is 0 Å². The Labute approximate surface area is 252 Å². The summed E-state index contributed by atoms with van der Waals surface area (Å²) in [5.74, 6) is 0.547. The Morgan fingerprint density at radius 2 is 1.68 bits per heavy atom. The van der Waals surface area contributed by atoms with Crippen LogP contribution in [-0.4, -0.2) is 20.9 Å². The summed E-state index contributed by atoms with van der Waals surface area (Å²) in [4.78, 5) is 21.1. The van der Waals surface area contributed by atoms with Crippen LogP contribution >= 0.6 is 0 Å². The number of nitrogens with zero attached hydrogens (tertiary/aromatic N) is 2. The van der Waals surface area contributed by atoms with E-state index in [-0.39, 0.29) is 48.9 Å². The summed E-state index contributed by atoms with van der Waals surface area (Å²) in [6.07, 6.45) is 8.71. The molecule has 0 amide bonds. The number of allylic oxidation sites excluding steroid dienone is 2. The van der Waals surface area contributed by atoms with E-state index in [1.807, 2.05) is 46.2 Å². The first kappa shape index (κ1) is 31.6. The molecule has 5 rings (SSSR count). The van der Waals surface area contributed by atoms with E-state index in [0.717, 1.165) is 42.5 Å². The molecule has 0 bridgehead atoms. The smallest absolute Gasteiger partial charge is 0.162 e. The van der Waals surface area contributed by atoms with Crippen molar-refractivity contribution in [3.8, 4) is 11.3 Å². The Morgan fingerprint density at radius 1 is 1.00 bits per heavy atom. The molecule has 1 aliphatic carbocycles. The summed E-state index contributed by atoms with van der Waals surface area (Å²) >= 11 is 0. The van der Waals surface area contributed by atoms with Crippen molar-refractivity contribution in [1.29, 1.82) is 0 Å². The molecule has 5 heteroatoms. The number of aliphatic hydroxyl groups is 1. The first-order valence-corrected chi connectivity index (χ1v) is 14.3. The number of ketones is 1. The minimum Gasteiger partial charge on any atom is -0.512 e. The molecule has 2 aromatic carbocycles. The van der Waals surface area contributed by atoms with Crippen LogP contribution in [0.15, 0.2) is 60.6 Å². The average Bonchev–Trinajstić information content (AvgIpc) is 2.92. The molecule has 1 N–H and O–H groups in total. The number of hydrogen-bond donors (Lipinski definition) is 1. The summed E-state index contributed by atoms with van der Waals surface area (Å²) in [5.41, 5.74) is 6.77. The largest absolute Gasteiger partial charge is 0.512 e. The van der Waals surface area contributed by atoms with Gasteiger partial charge in [0.2, 0.25) is 0 Å². The molecule has 0 aliphatic heterocycles. The van der Waals surface area contributed by atoms with Gasteiger partial charge >= 0.3 is 0 Å². The third-order valence-corrected chi connectivity index (χ3v) is 8.33. The fraction of sp³-hybridized carbons (Fsp3) is 0.400. The van der Waals surface area contributed by atoms with E-state index in [0.29, 0.717) is 0 Å². The third kappa shape index (κ3) is 5.92. The monoisotopic (exact) mass is 714 g/mol. The van der Waals surface area contributed by atoms with Gasteiger partial charge in [-0.3, -0.25) is 9.78 Å². The maximum absolute atomic E-state index is 11.7. The summed E-state index contributed by atoms with van der Waals surface area (Å²) in [5, 5.41) is 13.5. The molecule has 0 atom stereocenters. The van der Waals surface area contributed by atoms with Crippen molar-refractivity contribution in [3.63, 3.8) is 0 Å². The molecule has 2 heterocycles. The van der Waals surface area contributed by atoms with Crippen LogP contribution in [0, 0.1) is 24.8 Å². The molecule has 4 aromatic rings. The fourth-order valence-electron chi connectivity index (χ4n) is 5.92. The van der Waals surface area contributed by atoms with E-state index in [1.54, 1.807) is 0 Å². The molecule has 0 saturated carbocycles. The number of hydrogen-bond acceptors (Lipinski definition) is 4. The Morgan fingerprint density at radius 3 is 2.33 bits per heavy atom. The van der Waals surface area contributed by atoms with Gasteiger partial charge in [0.05, 0.1) is 11.3 Å². The zero-order valence-electron chi connectivity index (χ0n) is 24.8. The number of aliphatic hydroxyl groups excluding tert-OH is 1. The minimum atomic E-state index is -0.126. The molecule has 0 saturated heterocycles. The van der Waals surface area contributed by atoms with Crippen LogP contribution in [0.25, 0.3) is 32.9 Å². The molecule has 0 spiro atoms. The van der Waals surface area contributed by atoms with Crippen LogP contribution in [0.3, 0.4) is 0 Å². The second-order valence-corrected chi connectivity index (χ2v) is 11.2. The first-order chi connectivity index (χ1) is 18.7. The molecule has 0 fully saturated rings. The SMILES string of the molecule is CCC(CC)C(=O)/C=C(\O)C(CC)CC.Cc1cnc2cnc3c(c2c1)C(C)(C)c1cccc2cc[c-]c-3c12.[Ir]. The second-order valence-electron chi connectivity index (χ2n) is 11.2. The van der Waals surface area contributed by atoms with E-state index in [2.05, 4.69) is 62.2 Å². The van der Waals surface area contributed by atoms with Crippen LogP contribution < -0.4 is 0 Å². The van der Waals surface area contributed by atoms with Gasteiger partial charge in [-0.25, -0.2) is 0 Å². The van der Waals surface area contributed by atoms with Crippen molar-refractivity contribution in [1.82, 2.24) is 9.97 Å². The normalized spacial score (nSPS) is 13.6. The zero-order valence-corrected chi connectivity index (χ0v) is 27.2. The maximum Gasteiger partial charge on any atom is 0.162 e. The molecule has 1 aliphatic rings. The van der Waals surface area contributed by atoms with Gasteiger partial charge < -0.3 is 10.1 Å². The van der Waals surface area contributed by atoms with Gasteiger partial charge in [0.25, 0.3) is 0 Å². The number of rotatable bonds is 7. The van der Waals surface area contributed by atoms with Crippen LogP contribution in [0.5, 0.6) is 0 Å². The number of aromatic nitrogens is 2. The Kier molecular flexibility index (Phi) is 10.4. The Balaban J connectivity index is 0.000000243. The molecular weight excluding hydrogens is 673 g/mol. The summed E-state index contributed by atoms with van der Waals surface area (Å²) in [6.45, 7) is 14.7. The van der Waals surface area contributed by atoms with Crippen LogP contribution in [0.1, 0.15) is 83.9 Å². The number of aryl methyl sites for hydroxylation is 1. The molecule has 1 radical (unpaired) electrons. The molecule has 2 aromatic heterocycles. The quantitative estimate of drug-likeness (QED) is 0.118. The molecule has 0 unspecified atom stereocenters. The molecular formula is C35H41IrN2O2-. The number of benzene rings is 2. The predicted octanol–water partition coefficient (Wildman–Crippen LogP) is 9.07. The van der Waals surface area contributed by atoms with E-state index in [9.17, 15) is 9.90 Å². The number of fused-ring (bicyclic) bond motifs is 4. The van der Waals surface area contributed by atoms with Gasteiger partial charge in [-0.2, -0.15) is 0 Å². The number of carbonyl (C=O) groups excluding carboxylic acids is 1. The Hall–Kier alpha value is -2.88. The van der Waals surface area contributed by atoms with Gasteiger partial charge in [-0.1, -0.05) is 70.7 Å². The van der Waals surface area contributed by atoms with Gasteiger partial charge in [0.15, 0.2) is 5.78 Å². The number of pyridine rings is 2. The molecule has 40 heavy (non-hydrogen) atoms. The fourth-order valence-corrected chi connectivity index (χ4v) is 5.92. The molecule has 213 valence electrons. The number of carbonyl (C=O) groups is 1. The van der Waals surface area contributed by atoms with Crippen molar-refractivity contribution in [2.24, 2.45) is 11.8 Å². The van der Waals surface area contributed by atoms with Crippen LogP contribution in [0.4, 0.5) is 0 Å². The van der Waals surface area contributed by atoms with Crippen molar-refractivity contribution in [2.45, 2.75) is 79.6 Å². The predicted molar refractivity (Wildman–Crippen MR) is 162 cm³/mol. The second kappa shape index (κ2) is 13.2. The Bertz CT molecular complexity index is 1530. The van der Waals surface area contributed by atoms with Crippen LogP contribution in [0.2, 0.25) is 0 Å². The van der Waals surface area contributed by atoms with E-state index < -0.39 is 0 Å². The van der Waals surface area contributed by atoms with Crippen LogP contribution in [-0.2, 0) is 30.3 Å². The minimum absolute atomic E-state index is 0. The summed E-state index contributed by atoms with van der Waals surface area (Å²) in [6, 6.07) is 16.4. The maximum atomic E-state index is 11.7. The van der Waals surface area contributed by atoms with E-state index >= 15 is 0 Å². The third-order valence-electron chi connectivity index (χ3n) is 8.33. The summed E-state index contributed by atoms with van der Waals surface area (Å²) in [7, 11) is 0. The van der Waals surface area contributed by atoms with E-state index in [4.69, 9.17) is 4.98 Å². The average molecular weight is 714 g/mol. The van der Waals surface area contributed by atoms with Gasteiger partial charge in [-0.15, -0.1) is 29.1 Å². The van der Waals surface area contributed by atoms with Crippen molar-refractivity contribution < 1.29 is 30.0 Å². The van der Waals surface area contributed by atoms with E-state index in [1.165, 1.54) is 38.9 Å². The van der Waals surface area contributed by atoms with Gasteiger partial charge in [0.1, 0.15) is 0 Å². The standard InChI is InChI=1S/C22H17N2.C13H24O2.Ir/c1-13-10-16-18(23-11-13)12-24-21-15-8-4-6-14-7-5-9-17(19(14)15)22(2,3)20(16)21;1-5-10(6-2)12(14)9-13(15)11(7-3)8-4;/h4-7,9-12H,1-3H3;9-11,14H,5-8H2,1-4H3;/q-1;;/b;12-9-;. The summed E-state index contributed by atoms with van der Waals surface area (Å²) < 4.78 is 0. The van der Waals surface area contributed by atoms with Crippen molar-refractivity contribution >= 4 is 27.5 Å². The first-order valence-electron chi connectivity index (χ1n) is 14.3.